The van der Waals surface area contributed by atoms with Crippen LogP contribution >= 0.6 is 12.4 Å². The van der Waals surface area contributed by atoms with Crippen molar-refractivity contribution in [3.8, 4) is 0 Å². The van der Waals surface area contributed by atoms with Gasteiger partial charge in [-0.25, -0.2) is 0 Å². The molecule has 1 aliphatic rings. The highest BCUT2D eigenvalue weighted by Gasteiger charge is 2.30. The van der Waals surface area contributed by atoms with Crippen LogP contribution in [0.1, 0.15) is 22.6 Å². The van der Waals surface area contributed by atoms with Gasteiger partial charge in [0.25, 0.3) is 0 Å². The Morgan fingerprint density at radius 3 is 2.52 bits per heavy atom. The molecule has 0 bridgehead atoms. The van der Waals surface area contributed by atoms with Crippen LogP contribution in [0.15, 0.2) is 54.6 Å². The zero-order valence-electron chi connectivity index (χ0n) is 13.5. The number of ether oxygens (including phenoxy) is 1. The van der Waals surface area contributed by atoms with E-state index in [0.717, 1.165) is 19.6 Å². The van der Waals surface area contributed by atoms with Crippen molar-refractivity contribution in [2.45, 2.75) is 25.1 Å². The van der Waals surface area contributed by atoms with Gasteiger partial charge in [0.2, 0.25) is 0 Å². The van der Waals surface area contributed by atoms with Crippen LogP contribution in [-0.2, 0) is 17.9 Å². The van der Waals surface area contributed by atoms with Gasteiger partial charge in [-0.05, 0) is 16.7 Å². The maximum absolute atomic E-state index is 6.37. The number of nitrogens with zero attached hydrogens (tertiary/aromatic N) is 1. The van der Waals surface area contributed by atoms with Crippen LogP contribution in [-0.4, -0.2) is 31.1 Å². The number of hydrogen-bond acceptors (Lipinski definition) is 3. The first kappa shape index (κ1) is 18.0. The lowest BCUT2D eigenvalue weighted by molar-refractivity contribution is 0.184. The van der Waals surface area contributed by atoms with Crippen molar-refractivity contribution in [2.75, 3.05) is 20.2 Å². The molecule has 23 heavy (non-hydrogen) atoms. The summed E-state index contributed by atoms with van der Waals surface area (Å²) in [6.07, 6.45) is 0. The molecule has 0 spiro atoms. The standard InChI is InChI=1S/C19H24N2O.ClH/c1-22-14-16-7-5-6-15(10-16)11-21-12-18(19(20)13-21)17-8-3-2-4-9-17;/h2-10,18-19H,11-14,20H2,1H3;1H/t18-,19+;/m0./s1. The molecule has 3 rings (SSSR count). The first-order valence-electron chi connectivity index (χ1n) is 7.86. The van der Waals surface area contributed by atoms with E-state index in [1.807, 2.05) is 0 Å². The molecule has 2 aromatic rings. The Morgan fingerprint density at radius 1 is 1.04 bits per heavy atom. The van der Waals surface area contributed by atoms with Crippen LogP contribution in [0.25, 0.3) is 0 Å². The van der Waals surface area contributed by atoms with E-state index in [1.54, 1.807) is 7.11 Å². The highest BCUT2D eigenvalue weighted by molar-refractivity contribution is 5.85. The second kappa shape index (κ2) is 8.46. The Labute approximate surface area is 144 Å². The van der Waals surface area contributed by atoms with Crippen molar-refractivity contribution in [3.05, 3.63) is 71.3 Å². The Hall–Kier alpha value is -1.39. The summed E-state index contributed by atoms with van der Waals surface area (Å²) in [6, 6.07) is 19.5. The average molecular weight is 333 g/mol. The number of halogens is 1. The van der Waals surface area contributed by atoms with Crippen molar-refractivity contribution in [1.82, 2.24) is 4.90 Å². The zero-order valence-corrected chi connectivity index (χ0v) is 14.3. The largest absolute Gasteiger partial charge is 0.380 e. The summed E-state index contributed by atoms with van der Waals surface area (Å²) in [5, 5.41) is 0. The van der Waals surface area contributed by atoms with Crippen LogP contribution in [0.2, 0.25) is 0 Å². The smallest absolute Gasteiger partial charge is 0.0713 e. The van der Waals surface area contributed by atoms with Crippen molar-refractivity contribution in [3.63, 3.8) is 0 Å². The zero-order chi connectivity index (χ0) is 15.4. The summed E-state index contributed by atoms with van der Waals surface area (Å²) in [5.74, 6) is 0.434. The van der Waals surface area contributed by atoms with Gasteiger partial charge in [0, 0.05) is 38.7 Å². The van der Waals surface area contributed by atoms with Crippen LogP contribution in [0, 0.1) is 0 Å². The fourth-order valence-electron chi connectivity index (χ4n) is 3.34. The Balaban J connectivity index is 0.00000192. The summed E-state index contributed by atoms with van der Waals surface area (Å²) in [4.78, 5) is 2.45. The maximum Gasteiger partial charge on any atom is 0.0713 e. The Bertz CT molecular complexity index is 605. The first-order valence-corrected chi connectivity index (χ1v) is 7.86. The van der Waals surface area contributed by atoms with E-state index < -0.39 is 0 Å². The van der Waals surface area contributed by atoms with Crippen LogP contribution in [0.4, 0.5) is 0 Å². The predicted molar refractivity (Wildman–Crippen MR) is 96.8 cm³/mol. The Morgan fingerprint density at radius 2 is 1.78 bits per heavy atom. The van der Waals surface area contributed by atoms with Gasteiger partial charge in [-0.2, -0.15) is 0 Å². The number of benzene rings is 2. The third kappa shape index (κ3) is 4.55. The van der Waals surface area contributed by atoms with E-state index in [-0.39, 0.29) is 18.4 Å². The number of methoxy groups -OCH3 is 1. The minimum Gasteiger partial charge on any atom is -0.380 e. The first-order chi connectivity index (χ1) is 10.8. The predicted octanol–water partition coefficient (Wildman–Crippen LogP) is 3.18. The molecule has 0 saturated carbocycles. The molecular formula is C19H25ClN2O. The number of likely N-dealkylation sites (tertiary alicyclic amines) is 1. The van der Waals surface area contributed by atoms with Crippen molar-refractivity contribution in [2.24, 2.45) is 5.73 Å². The summed E-state index contributed by atoms with van der Waals surface area (Å²) in [7, 11) is 1.73. The van der Waals surface area contributed by atoms with E-state index >= 15 is 0 Å². The van der Waals surface area contributed by atoms with Gasteiger partial charge in [0.1, 0.15) is 0 Å². The molecule has 4 heteroatoms. The second-order valence-corrected chi connectivity index (χ2v) is 6.13. The quantitative estimate of drug-likeness (QED) is 0.914. The molecule has 0 amide bonds. The van der Waals surface area contributed by atoms with Gasteiger partial charge in [0.15, 0.2) is 0 Å². The van der Waals surface area contributed by atoms with Gasteiger partial charge in [-0.3, -0.25) is 4.90 Å². The number of hydrogen-bond donors (Lipinski definition) is 1. The van der Waals surface area contributed by atoms with Gasteiger partial charge in [-0.15, -0.1) is 12.4 Å². The lowest BCUT2D eigenvalue weighted by Gasteiger charge is -2.16. The lowest BCUT2D eigenvalue weighted by atomic mass is 9.95. The molecule has 2 aromatic carbocycles. The fraction of sp³-hybridized carbons (Fsp3) is 0.368. The molecule has 124 valence electrons. The molecule has 2 atom stereocenters. The van der Waals surface area contributed by atoms with Crippen LogP contribution in [0.5, 0.6) is 0 Å². The monoisotopic (exact) mass is 332 g/mol. The normalized spacial score (nSPS) is 21.1. The highest BCUT2D eigenvalue weighted by atomic mass is 35.5. The average Bonchev–Trinajstić information content (AvgIpc) is 2.89. The minimum atomic E-state index is 0. The van der Waals surface area contributed by atoms with Gasteiger partial charge in [-0.1, -0.05) is 54.6 Å². The minimum absolute atomic E-state index is 0. The Kier molecular flexibility index (Phi) is 6.60. The van der Waals surface area contributed by atoms with Crippen molar-refractivity contribution >= 4 is 12.4 Å². The van der Waals surface area contributed by atoms with E-state index in [2.05, 4.69) is 59.5 Å². The van der Waals surface area contributed by atoms with E-state index in [4.69, 9.17) is 10.5 Å². The molecule has 1 aliphatic heterocycles. The molecular weight excluding hydrogens is 308 g/mol. The molecule has 1 heterocycles. The summed E-state index contributed by atoms with van der Waals surface area (Å²) < 4.78 is 5.21. The van der Waals surface area contributed by atoms with Crippen molar-refractivity contribution < 1.29 is 4.74 Å². The third-order valence-corrected chi connectivity index (χ3v) is 4.38. The molecule has 0 aromatic heterocycles. The van der Waals surface area contributed by atoms with Gasteiger partial charge in [0.05, 0.1) is 6.61 Å². The van der Waals surface area contributed by atoms with Gasteiger partial charge >= 0.3 is 0 Å². The number of rotatable bonds is 5. The summed E-state index contributed by atoms with van der Waals surface area (Å²) in [6.45, 7) is 3.60. The molecule has 2 N–H and O–H groups in total. The summed E-state index contributed by atoms with van der Waals surface area (Å²) in [5.41, 5.74) is 10.3. The molecule has 1 saturated heterocycles. The summed E-state index contributed by atoms with van der Waals surface area (Å²) >= 11 is 0. The fourth-order valence-corrected chi connectivity index (χ4v) is 3.34. The molecule has 0 unspecified atom stereocenters. The maximum atomic E-state index is 6.37. The van der Waals surface area contributed by atoms with Crippen LogP contribution < -0.4 is 5.73 Å². The number of nitrogens with two attached hydrogens (primary N) is 1. The molecule has 3 nitrogen and oxygen atoms in total. The highest BCUT2D eigenvalue weighted by Crippen LogP contribution is 2.27. The molecule has 0 aliphatic carbocycles. The van der Waals surface area contributed by atoms with Gasteiger partial charge < -0.3 is 10.5 Å². The van der Waals surface area contributed by atoms with E-state index in [0.29, 0.717) is 12.5 Å². The topological polar surface area (TPSA) is 38.5 Å². The second-order valence-electron chi connectivity index (χ2n) is 6.13. The van der Waals surface area contributed by atoms with E-state index in [1.165, 1.54) is 16.7 Å². The SMILES string of the molecule is COCc1cccc(CN2C[C@@H](N)[C@H](c3ccccc3)C2)c1.Cl. The third-order valence-electron chi connectivity index (χ3n) is 4.38. The van der Waals surface area contributed by atoms with Crippen molar-refractivity contribution in [1.29, 1.82) is 0 Å². The molecule has 1 fully saturated rings. The lowest BCUT2D eigenvalue weighted by Crippen LogP contribution is -2.28. The molecule has 0 radical (unpaired) electrons. The van der Waals surface area contributed by atoms with E-state index in [9.17, 15) is 0 Å². The van der Waals surface area contributed by atoms with Crippen LogP contribution in [0.3, 0.4) is 0 Å².